The average Bonchev–Trinajstić information content (AvgIpc) is 2.77. The highest BCUT2D eigenvalue weighted by Crippen LogP contribution is 2.16. The molecule has 1 aromatic heterocycles. The van der Waals surface area contributed by atoms with Gasteiger partial charge >= 0.3 is 6.03 Å². The second kappa shape index (κ2) is 4.86. The van der Waals surface area contributed by atoms with Crippen molar-refractivity contribution in [2.75, 3.05) is 18.4 Å². The molecular formula is C12H16N4O. The number of fused-ring (bicyclic) bond motifs is 1. The van der Waals surface area contributed by atoms with Crippen LogP contribution in [0, 0.1) is 0 Å². The number of anilines is 1. The number of rotatable bonds is 3. The summed E-state index contributed by atoms with van der Waals surface area (Å²) in [4.78, 5) is 13.6. The van der Waals surface area contributed by atoms with Crippen LogP contribution in [0.2, 0.25) is 0 Å². The molecule has 0 atom stereocenters. The maximum atomic E-state index is 11.8. The molecule has 2 rings (SSSR count). The Bertz CT molecular complexity index is 516. The first-order valence-electron chi connectivity index (χ1n) is 5.73. The number of H-pyrrole nitrogens is 1. The van der Waals surface area contributed by atoms with Crippen molar-refractivity contribution in [2.24, 2.45) is 0 Å². The number of urea groups is 1. The zero-order valence-corrected chi connectivity index (χ0v) is 10.0. The van der Waals surface area contributed by atoms with Gasteiger partial charge in [-0.3, -0.25) is 5.10 Å². The number of amides is 2. The molecule has 2 N–H and O–H groups in total. The van der Waals surface area contributed by atoms with Crippen molar-refractivity contribution >= 4 is 22.6 Å². The Morgan fingerprint density at radius 3 is 2.88 bits per heavy atom. The third kappa shape index (κ3) is 2.38. The lowest BCUT2D eigenvalue weighted by Gasteiger charge is -2.19. The van der Waals surface area contributed by atoms with Crippen LogP contribution in [0.4, 0.5) is 10.5 Å². The van der Waals surface area contributed by atoms with Crippen LogP contribution in [0.1, 0.15) is 13.8 Å². The number of hydrogen-bond donors (Lipinski definition) is 2. The first-order valence-corrected chi connectivity index (χ1v) is 5.73. The summed E-state index contributed by atoms with van der Waals surface area (Å²) in [7, 11) is 0. The molecule has 0 radical (unpaired) electrons. The van der Waals surface area contributed by atoms with Gasteiger partial charge in [-0.25, -0.2) is 4.79 Å². The second-order valence-corrected chi connectivity index (χ2v) is 3.77. The number of aromatic nitrogens is 2. The normalized spacial score (nSPS) is 10.5. The fourth-order valence-corrected chi connectivity index (χ4v) is 1.73. The highest BCUT2D eigenvalue weighted by atomic mass is 16.2. The lowest BCUT2D eigenvalue weighted by molar-refractivity contribution is 0.217. The molecule has 2 aromatic rings. The van der Waals surface area contributed by atoms with E-state index in [4.69, 9.17) is 0 Å². The molecule has 5 nitrogen and oxygen atoms in total. The van der Waals surface area contributed by atoms with Crippen molar-refractivity contribution < 1.29 is 4.79 Å². The van der Waals surface area contributed by atoms with Crippen molar-refractivity contribution in [2.45, 2.75) is 13.8 Å². The number of aromatic amines is 1. The van der Waals surface area contributed by atoms with Crippen LogP contribution in [0.5, 0.6) is 0 Å². The van der Waals surface area contributed by atoms with E-state index in [-0.39, 0.29) is 6.03 Å². The molecule has 0 aliphatic carbocycles. The maximum Gasteiger partial charge on any atom is 0.321 e. The van der Waals surface area contributed by atoms with E-state index in [1.165, 1.54) is 0 Å². The smallest absolute Gasteiger partial charge is 0.321 e. The summed E-state index contributed by atoms with van der Waals surface area (Å²) >= 11 is 0. The minimum absolute atomic E-state index is 0.0714. The Labute approximate surface area is 99.8 Å². The largest absolute Gasteiger partial charge is 0.325 e. The van der Waals surface area contributed by atoms with Crippen LogP contribution in [0.3, 0.4) is 0 Å². The molecule has 0 fully saturated rings. The molecular weight excluding hydrogens is 216 g/mol. The van der Waals surface area contributed by atoms with Gasteiger partial charge in [0.25, 0.3) is 0 Å². The summed E-state index contributed by atoms with van der Waals surface area (Å²) in [5, 5.41) is 10.7. The van der Waals surface area contributed by atoms with E-state index >= 15 is 0 Å². The molecule has 0 aliphatic heterocycles. The summed E-state index contributed by atoms with van der Waals surface area (Å²) in [5.74, 6) is 0. The first-order chi connectivity index (χ1) is 8.24. The van der Waals surface area contributed by atoms with Gasteiger partial charge in [-0.1, -0.05) is 0 Å². The molecule has 0 unspecified atom stereocenters. The fraction of sp³-hybridized carbons (Fsp3) is 0.333. The third-order valence-corrected chi connectivity index (χ3v) is 2.74. The van der Waals surface area contributed by atoms with E-state index in [1.807, 2.05) is 32.0 Å². The Balaban J connectivity index is 2.14. The average molecular weight is 232 g/mol. The van der Waals surface area contributed by atoms with E-state index in [0.29, 0.717) is 13.1 Å². The van der Waals surface area contributed by atoms with Crippen molar-refractivity contribution in [3.05, 3.63) is 24.4 Å². The molecule has 0 bridgehead atoms. The van der Waals surface area contributed by atoms with E-state index < -0.39 is 0 Å². The van der Waals surface area contributed by atoms with Gasteiger partial charge < -0.3 is 10.2 Å². The summed E-state index contributed by atoms with van der Waals surface area (Å²) in [6, 6.07) is 5.60. The molecule has 0 saturated carbocycles. The lowest BCUT2D eigenvalue weighted by atomic mass is 10.2. The highest BCUT2D eigenvalue weighted by Gasteiger charge is 2.09. The molecule has 5 heteroatoms. The Morgan fingerprint density at radius 2 is 2.18 bits per heavy atom. The van der Waals surface area contributed by atoms with Gasteiger partial charge in [-0.15, -0.1) is 0 Å². The second-order valence-electron chi connectivity index (χ2n) is 3.77. The van der Waals surface area contributed by atoms with Gasteiger partial charge in [0.1, 0.15) is 0 Å². The van der Waals surface area contributed by atoms with Crippen LogP contribution in [0.15, 0.2) is 24.4 Å². The predicted molar refractivity (Wildman–Crippen MR) is 68.0 cm³/mol. The fourth-order valence-electron chi connectivity index (χ4n) is 1.73. The summed E-state index contributed by atoms with van der Waals surface area (Å²) in [5.41, 5.74) is 1.75. The number of nitrogens with zero attached hydrogens (tertiary/aromatic N) is 2. The van der Waals surface area contributed by atoms with Gasteiger partial charge in [-0.05, 0) is 32.0 Å². The minimum Gasteiger partial charge on any atom is -0.325 e. The first kappa shape index (κ1) is 11.4. The van der Waals surface area contributed by atoms with E-state index in [2.05, 4.69) is 15.5 Å². The van der Waals surface area contributed by atoms with Crippen LogP contribution in [-0.2, 0) is 0 Å². The van der Waals surface area contributed by atoms with Crippen molar-refractivity contribution in [3.8, 4) is 0 Å². The van der Waals surface area contributed by atoms with Crippen molar-refractivity contribution in [3.63, 3.8) is 0 Å². The number of carbonyl (C=O) groups is 1. The number of benzene rings is 1. The van der Waals surface area contributed by atoms with E-state index in [0.717, 1.165) is 16.6 Å². The van der Waals surface area contributed by atoms with Crippen molar-refractivity contribution in [1.29, 1.82) is 0 Å². The zero-order valence-electron chi connectivity index (χ0n) is 10.0. The molecule has 2 amide bonds. The maximum absolute atomic E-state index is 11.8. The van der Waals surface area contributed by atoms with Crippen LogP contribution >= 0.6 is 0 Å². The number of carbonyl (C=O) groups excluding carboxylic acids is 1. The monoisotopic (exact) mass is 232 g/mol. The summed E-state index contributed by atoms with van der Waals surface area (Å²) in [6.45, 7) is 5.33. The molecule has 1 aromatic carbocycles. The molecule has 1 heterocycles. The Hall–Kier alpha value is -2.04. The lowest BCUT2D eigenvalue weighted by Crippen LogP contribution is -2.34. The number of nitrogens with one attached hydrogen (secondary N) is 2. The standard InChI is InChI=1S/C12H16N4O/c1-3-16(4-2)12(17)14-10-5-6-11-9(7-10)8-13-15-11/h5-8H,3-4H2,1-2H3,(H,13,15)(H,14,17). The third-order valence-electron chi connectivity index (χ3n) is 2.74. The van der Waals surface area contributed by atoms with Crippen LogP contribution < -0.4 is 5.32 Å². The van der Waals surface area contributed by atoms with Crippen LogP contribution in [-0.4, -0.2) is 34.2 Å². The molecule has 0 aliphatic rings. The van der Waals surface area contributed by atoms with Crippen LogP contribution in [0.25, 0.3) is 10.9 Å². The van der Waals surface area contributed by atoms with Gasteiger partial charge in [0, 0.05) is 24.2 Å². The summed E-state index contributed by atoms with van der Waals surface area (Å²) in [6.07, 6.45) is 1.74. The Kier molecular flexibility index (Phi) is 3.27. The molecule has 0 spiro atoms. The molecule has 90 valence electrons. The molecule has 0 saturated heterocycles. The summed E-state index contributed by atoms with van der Waals surface area (Å²) < 4.78 is 0. The highest BCUT2D eigenvalue weighted by molar-refractivity contribution is 5.92. The van der Waals surface area contributed by atoms with Gasteiger partial charge in [0.05, 0.1) is 11.7 Å². The van der Waals surface area contributed by atoms with Gasteiger partial charge in [0.15, 0.2) is 0 Å². The Morgan fingerprint density at radius 1 is 1.41 bits per heavy atom. The predicted octanol–water partition coefficient (Wildman–Crippen LogP) is 2.44. The van der Waals surface area contributed by atoms with Gasteiger partial charge in [-0.2, -0.15) is 5.10 Å². The van der Waals surface area contributed by atoms with E-state index in [9.17, 15) is 4.79 Å². The van der Waals surface area contributed by atoms with Gasteiger partial charge in [0.2, 0.25) is 0 Å². The SMILES string of the molecule is CCN(CC)C(=O)Nc1ccc2[nH]ncc2c1. The topological polar surface area (TPSA) is 61.0 Å². The number of hydrogen-bond acceptors (Lipinski definition) is 2. The minimum atomic E-state index is -0.0714. The zero-order chi connectivity index (χ0) is 12.3. The van der Waals surface area contributed by atoms with E-state index in [1.54, 1.807) is 11.1 Å². The van der Waals surface area contributed by atoms with Crippen molar-refractivity contribution in [1.82, 2.24) is 15.1 Å². The molecule has 17 heavy (non-hydrogen) atoms. The quantitative estimate of drug-likeness (QED) is 0.853.